The van der Waals surface area contributed by atoms with Gasteiger partial charge < -0.3 is 9.47 Å². The molecule has 0 amide bonds. The van der Waals surface area contributed by atoms with E-state index in [9.17, 15) is 0 Å². The van der Waals surface area contributed by atoms with E-state index in [1.807, 2.05) is 0 Å². The second-order valence-corrected chi connectivity index (χ2v) is 20.5. The Hall–Kier alpha value is -10.0. The van der Waals surface area contributed by atoms with Crippen molar-refractivity contribution in [1.82, 2.24) is 0 Å². The van der Waals surface area contributed by atoms with Gasteiger partial charge in [-0.1, -0.05) is 285 Å². The van der Waals surface area contributed by atoms with Gasteiger partial charge in [0.1, 0.15) is 23.0 Å². The number of hydrogen-bond acceptors (Lipinski definition) is 2. The first-order chi connectivity index (χ1) is 38.7. The molecule has 0 bridgehead atoms. The molecule has 2 heteroatoms. The third-order valence-electron chi connectivity index (χ3n) is 16.6. The molecule has 0 fully saturated rings. The predicted octanol–water partition coefficient (Wildman–Crippen LogP) is 19.6. The summed E-state index contributed by atoms with van der Waals surface area (Å²) in [5.41, 5.74) is 16.7. The Morgan fingerprint density at radius 3 is 0.962 bits per heavy atom. The number of benzene rings is 13. The zero-order chi connectivity index (χ0) is 51.6. The number of fused-ring (bicyclic) bond motifs is 6. The minimum absolute atomic E-state index is 0.668. The summed E-state index contributed by atoms with van der Waals surface area (Å²) >= 11 is 0. The smallest absolute Gasteiger partial charge is 0.140 e. The minimum atomic E-state index is -0.668. The van der Waals surface area contributed by atoms with E-state index >= 15 is 0 Å². The number of rotatable bonds is 8. The lowest BCUT2D eigenvalue weighted by Crippen LogP contribution is -2.34. The van der Waals surface area contributed by atoms with Gasteiger partial charge in [-0.15, -0.1) is 0 Å². The maximum Gasteiger partial charge on any atom is 0.140 e. The number of ether oxygens (including phenoxy) is 2. The van der Waals surface area contributed by atoms with Crippen LogP contribution in [0.3, 0.4) is 0 Å². The molecule has 0 aromatic heterocycles. The van der Waals surface area contributed by atoms with E-state index in [2.05, 4.69) is 303 Å². The summed E-state index contributed by atoms with van der Waals surface area (Å²) in [5, 5.41) is 4.56. The fraction of sp³-hybridized carbons (Fsp3) is 0.0263. The Balaban J connectivity index is 1.02. The molecular weight excluding hydrogens is 945 g/mol. The standard InChI is InChI=1S/C76H50O2/c1-6-24-51(25-7-1)52-46-48-53(49-47-52)72-60-36-20-34-58(62-38-22-42-68-73(62)77-70-44-18-16-40-66(70)75(68,54-26-8-2-9-27-54)55-28-10-3-11-29-55)64(60)50-65-59(35-21-37-61(65)72)63-39-23-43-69-74(63)78-71-45-19-17-41-67(71)76(69,56-30-12-4-13-31-56)57-32-14-5-15-33-57/h1-50H. The Morgan fingerprint density at radius 2 is 0.538 bits per heavy atom. The van der Waals surface area contributed by atoms with Crippen molar-refractivity contribution in [2.24, 2.45) is 0 Å². The molecule has 0 spiro atoms. The topological polar surface area (TPSA) is 18.5 Å². The van der Waals surface area contributed by atoms with Crippen LogP contribution in [0.1, 0.15) is 44.5 Å². The lowest BCUT2D eigenvalue weighted by Gasteiger charge is -2.42. The first-order valence-electron chi connectivity index (χ1n) is 26.9. The maximum atomic E-state index is 7.33. The van der Waals surface area contributed by atoms with Crippen LogP contribution < -0.4 is 9.47 Å². The second-order valence-electron chi connectivity index (χ2n) is 20.5. The Bertz CT molecular complexity index is 4080. The monoisotopic (exact) mass is 994 g/mol. The summed E-state index contributed by atoms with van der Waals surface area (Å²) in [6.07, 6.45) is 0. The van der Waals surface area contributed by atoms with E-state index in [0.717, 1.165) is 94.6 Å². The minimum Gasteiger partial charge on any atom is -0.456 e. The fourth-order valence-electron chi connectivity index (χ4n) is 13.3. The average molecular weight is 995 g/mol. The molecule has 78 heavy (non-hydrogen) atoms. The van der Waals surface area contributed by atoms with Crippen LogP contribution >= 0.6 is 0 Å². The summed E-state index contributed by atoms with van der Waals surface area (Å²) in [5.74, 6) is 3.38. The van der Waals surface area contributed by atoms with Crippen LogP contribution in [0.4, 0.5) is 0 Å². The van der Waals surface area contributed by atoms with E-state index in [-0.39, 0.29) is 0 Å². The number of para-hydroxylation sites is 4. The molecule has 13 aromatic rings. The molecule has 15 rings (SSSR count). The van der Waals surface area contributed by atoms with Gasteiger partial charge in [0.2, 0.25) is 0 Å². The maximum absolute atomic E-state index is 7.33. The van der Waals surface area contributed by atoms with Crippen LogP contribution in [-0.2, 0) is 10.8 Å². The lowest BCUT2D eigenvalue weighted by atomic mass is 9.63. The van der Waals surface area contributed by atoms with E-state index in [0.29, 0.717) is 0 Å². The highest BCUT2D eigenvalue weighted by atomic mass is 16.5. The van der Waals surface area contributed by atoms with E-state index in [4.69, 9.17) is 9.47 Å². The zero-order valence-electron chi connectivity index (χ0n) is 42.7. The van der Waals surface area contributed by atoms with E-state index < -0.39 is 10.8 Å². The largest absolute Gasteiger partial charge is 0.456 e. The van der Waals surface area contributed by atoms with Crippen molar-refractivity contribution in [2.75, 3.05) is 0 Å². The van der Waals surface area contributed by atoms with Crippen LogP contribution in [0.5, 0.6) is 23.0 Å². The third-order valence-corrected chi connectivity index (χ3v) is 16.6. The molecular formula is C76H50O2. The van der Waals surface area contributed by atoms with Crippen LogP contribution in [0.25, 0.3) is 66.1 Å². The van der Waals surface area contributed by atoms with Gasteiger partial charge in [-0.2, -0.15) is 0 Å². The van der Waals surface area contributed by atoms with Crippen LogP contribution in [-0.4, -0.2) is 0 Å². The first-order valence-corrected chi connectivity index (χ1v) is 26.9. The quantitative estimate of drug-likeness (QED) is 0.141. The second kappa shape index (κ2) is 18.4. The molecule has 0 N–H and O–H groups in total. The van der Waals surface area contributed by atoms with Crippen LogP contribution in [0.2, 0.25) is 0 Å². The van der Waals surface area contributed by atoms with Crippen LogP contribution in [0, 0.1) is 0 Å². The molecule has 0 saturated carbocycles. The molecule has 2 nitrogen and oxygen atoms in total. The molecule has 366 valence electrons. The molecule has 2 aliphatic heterocycles. The average Bonchev–Trinajstić information content (AvgIpc) is 3.60. The molecule has 13 aromatic carbocycles. The van der Waals surface area contributed by atoms with Crippen LogP contribution in [0.15, 0.2) is 303 Å². The van der Waals surface area contributed by atoms with Crippen molar-refractivity contribution in [3.63, 3.8) is 0 Å². The summed E-state index contributed by atoms with van der Waals surface area (Å²) in [4.78, 5) is 0. The van der Waals surface area contributed by atoms with Gasteiger partial charge in [0.25, 0.3) is 0 Å². The van der Waals surface area contributed by atoms with E-state index in [1.54, 1.807) is 0 Å². The summed E-state index contributed by atoms with van der Waals surface area (Å²) in [7, 11) is 0. The number of hydrogen-bond donors (Lipinski definition) is 0. The Kier molecular flexibility index (Phi) is 10.7. The van der Waals surface area contributed by atoms with E-state index in [1.165, 1.54) is 38.9 Å². The predicted molar refractivity (Wildman–Crippen MR) is 320 cm³/mol. The Morgan fingerprint density at radius 1 is 0.218 bits per heavy atom. The molecule has 2 heterocycles. The van der Waals surface area contributed by atoms with Gasteiger partial charge in [0.05, 0.1) is 10.8 Å². The lowest BCUT2D eigenvalue weighted by molar-refractivity contribution is 0.436. The molecule has 0 unspecified atom stereocenters. The van der Waals surface area contributed by atoms with Gasteiger partial charge in [0.15, 0.2) is 0 Å². The highest BCUT2D eigenvalue weighted by Crippen LogP contribution is 2.60. The SMILES string of the molecule is c1ccc(-c2ccc(-c3c4cccc(-c5cccc6c5Oc5ccccc5C6(c5ccccc5)c5ccccc5)c4cc4c(-c5cccc6c5Oc5ccccc5C6(c5ccccc5)c5ccccc5)cccc34)cc2)cc1. The van der Waals surface area contributed by atoms with Crippen molar-refractivity contribution in [3.8, 4) is 67.5 Å². The molecule has 0 atom stereocenters. The molecule has 0 saturated heterocycles. The van der Waals surface area contributed by atoms with Gasteiger partial charge >= 0.3 is 0 Å². The fourth-order valence-corrected chi connectivity index (χ4v) is 13.3. The zero-order valence-corrected chi connectivity index (χ0v) is 42.7. The summed E-state index contributed by atoms with van der Waals surface area (Å²) in [6, 6.07) is 110. The highest BCUT2D eigenvalue weighted by Gasteiger charge is 2.47. The van der Waals surface area contributed by atoms with Crippen molar-refractivity contribution >= 4 is 21.5 Å². The van der Waals surface area contributed by atoms with Crippen molar-refractivity contribution < 1.29 is 9.47 Å². The third kappa shape index (κ3) is 6.83. The van der Waals surface area contributed by atoms with Crippen molar-refractivity contribution in [2.45, 2.75) is 10.8 Å². The van der Waals surface area contributed by atoms with Gasteiger partial charge in [0, 0.05) is 33.4 Å². The summed E-state index contributed by atoms with van der Waals surface area (Å²) < 4.78 is 14.7. The van der Waals surface area contributed by atoms with Gasteiger partial charge in [-0.05, 0) is 95.4 Å². The molecule has 0 radical (unpaired) electrons. The van der Waals surface area contributed by atoms with Gasteiger partial charge in [-0.3, -0.25) is 0 Å². The normalized spacial score (nSPS) is 13.5. The molecule has 2 aliphatic rings. The van der Waals surface area contributed by atoms with Gasteiger partial charge in [-0.25, -0.2) is 0 Å². The van der Waals surface area contributed by atoms with Crippen molar-refractivity contribution in [1.29, 1.82) is 0 Å². The Labute approximate surface area is 454 Å². The summed E-state index contributed by atoms with van der Waals surface area (Å²) in [6.45, 7) is 0. The molecule has 0 aliphatic carbocycles. The van der Waals surface area contributed by atoms with Crippen molar-refractivity contribution in [3.05, 3.63) is 348 Å². The highest BCUT2D eigenvalue weighted by molar-refractivity contribution is 6.19. The first kappa shape index (κ1) is 45.4.